The van der Waals surface area contributed by atoms with Crippen molar-refractivity contribution in [3.63, 3.8) is 0 Å². The Morgan fingerprint density at radius 3 is 2.28 bits per heavy atom. The van der Waals surface area contributed by atoms with Crippen LogP contribution >= 0.6 is 11.6 Å². The fraction of sp³-hybridized carbons (Fsp3) is 0.926. The van der Waals surface area contributed by atoms with E-state index < -0.39 is 12.3 Å². The van der Waals surface area contributed by atoms with Crippen molar-refractivity contribution in [2.75, 3.05) is 0 Å². The van der Waals surface area contributed by atoms with Gasteiger partial charge in [-0.05, 0) is 86.4 Å². The molecule has 3 aliphatic rings. The molecule has 5 N–H and O–H groups in total. The molecule has 186 valence electrons. The van der Waals surface area contributed by atoms with Gasteiger partial charge in [0, 0.05) is 17.1 Å². The molecule has 2 saturated carbocycles. The van der Waals surface area contributed by atoms with E-state index in [-0.39, 0.29) is 29.3 Å². The van der Waals surface area contributed by atoms with Crippen molar-refractivity contribution >= 4 is 11.6 Å². The van der Waals surface area contributed by atoms with E-state index in [2.05, 4.69) is 39.1 Å². The lowest BCUT2D eigenvalue weighted by Crippen LogP contribution is -2.58. The van der Waals surface area contributed by atoms with Crippen molar-refractivity contribution in [2.24, 2.45) is 40.7 Å². The van der Waals surface area contributed by atoms with E-state index in [1.54, 1.807) is 0 Å². The Balaban J connectivity index is 1.60. The molecule has 0 radical (unpaired) electrons. The second-order valence-corrected chi connectivity index (χ2v) is 12.7. The van der Waals surface area contributed by atoms with Crippen LogP contribution in [0.2, 0.25) is 0 Å². The molecule has 0 aromatic carbocycles. The number of halogens is 1. The van der Waals surface area contributed by atoms with Crippen molar-refractivity contribution < 1.29 is 10.2 Å². The minimum Gasteiger partial charge on any atom is -0.391 e. The van der Waals surface area contributed by atoms with E-state index in [9.17, 15) is 10.2 Å². The Kier molecular flexibility index (Phi) is 9.54. The van der Waals surface area contributed by atoms with Crippen LogP contribution < -0.4 is 11.1 Å². The zero-order chi connectivity index (χ0) is 23.5. The number of aliphatic hydroxyl groups is 2. The van der Waals surface area contributed by atoms with Gasteiger partial charge in [0.2, 0.25) is 0 Å². The lowest BCUT2D eigenvalue weighted by atomic mass is 9.58. The number of hydrogen-bond donors (Lipinski definition) is 4. The smallest absolute Gasteiger partial charge is 0.120 e. The molecule has 4 nitrogen and oxygen atoms in total. The topological polar surface area (TPSA) is 78.5 Å². The third-order valence-corrected chi connectivity index (χ3v) is 9.44. The Bertz CT molecular complexity index is 617. The molecule has 0 bridgehead atoms. The number of hydrogen-bond acceptors (Lipinski definition) is 4. The maximum Gasteiger partial charge on any atom is 0.120 e. The van der Waals surface area contributed by atoms with Gasteiger partial charge in [-0.15, -0.1) is 0 Å². The molecule has 7 atom stereocenters. The second kappa shape index (κ2) is 11.5. The van der Waals surface area contributed by atoms with Gasteiger partial charge >= 0.3 is 0 Å². The van der Waals surface area contributed by atoms with Crippen molar-refractivity contribution in [1.29, 1.82) is 0 Å². The minimum absolute atomic E-state index is 0.145. The van der Waals surface area contributed by atoms with Crippen LogP contribution in [0.3, 0.4) is 0 Å². The SMILES string of the molecule is CC(C)[C@@H](NC(O)[C@@H](N)C1CCCCC1)C(O)C1CCC(C2CC=C(Cl)CC2)C(C)(C)C1. The van der Waals surface area contributed by atoms with Crippen molar-refractivity contribution in [3.05, 3.63) is 11.1 Å². The molecule has 5 heteroatoms. The lowest BCUT2D eigenvalue weighted by Gasteiger charge is -2.49. The third-order valence-electron chi connectivity index (χ3n) is 9.10. The molecule has 2 fully saturated rings. The van der Waals surface area contributed by atoms with Gasteiger partial charge in [-0.1, -0.05) is 64.6 Å². The van der Waals surface area contributed by atoms with Crippen LogP contribution in [-0.4, -0.2) is 34.6 Å². The van der Waals surface area contributed by atoms with Crippen LogP contribution in [0.15, 0.2) is 11.1 Å². The summed E-state index contributed by atoms with van der Waals surface area (Å²) in [6, 6.07) is -0.407. The normalized spacial score (nSPS) is 33.4. The lowest BCUT2D eigenvalue weighted by molar-refractivity contribution is -0.0437. The van der Waals surface area contributed by atoms with Crippen LogP contribution in [0, 0.1) is 35.0 Å². The molecule has 3 aliphatic carbocycles. The van der Waals surface area contributed by atoms with E-state index in [0.29, 0.717) is 17.8 Å². The van der Waals surface area contributed by atoms with Gasteiger partial charge in [-0.3, -0.25) is 5.32 Å². The first-order valence-electron chi connectivity index (χ1n) is 13.3. The summed E-state index contributed by atoms with van der Waals surface area (Å²) in [6.45, 7) is 9.05. The van der Waals surface area contributed by atoms with Gasteiger partial charge in [0.1, 0.15) is 6.23 Å². The quantitative estimate of drug-likeness (QED) is 0.352. The highest BCUT2D eigenvalue weighted by Gasteiger charge is 2.44. The van der Waals surface area contributed by atoms with Crippen LogP contribution in [-0.2, 0) is 0 Å². The van der Waals surface area contributed by atoms with Crippen molar-refractivity contribution in [2.45, 2.75) is 123 Å². The van der Waals surface area contributed by atoms with Crippen molar-refractivity contribution in [3.8, 4) is 0 Å². The highest BCUT2D eigenvalue weighted by Crippen LogP contribution is 2.51. The van der Waals surface area contributed by atoms with E-state index in [1.165, 1.54) is 32.1 Å². The minimum atomic E-state index is -0.761. The largest absolute Gasteiger partial charge is 0.391 e. The average molecular weight is 469 g/mol. The zero-order valence-electron chi connectivity index (χ0n) is 20.9. The van der Waals surface area contributed by atoms with Gasteiger partial charge in [-0.2, -0.15) is 0 Å². The zero-order valence-corrected chi connectivity index (χ0v) is 21.7. The van der Waals surface area contributed by atoms with E-state index >= 15 is 0 Å². The van der Waals surface area contributed by atoms with E-state index in [0.717, 1.165) is 43.6 Å². The highest BCUT2D eigenvalue weighted by atomic mass is 35.5. The Morgan fingerprint density at radius 2 is 1.72 bits per heavy atom. The fourth-order valence-electron chi connectivity index (χ4n) is 7.13. The summed E-state index contributed by atoms with van der Waals surface area (Å²) < 4.78 is 0. The molecule has 32 heavy (non-hydrogen) atoms. The van der Waals surface area contributed by atoms with Crippen LogP contribution in [0.1, 0.15) is 98.3 Å². The first-order valence-corrected chi connectivity index (χ1v) is 13.7. The van der Waals surface area contributed by atoms with E-state index in [1.807, 2.05) is 0 Å². The molecule has 0 amide bonds. The van der Waals surface area contributed by atoms with Gasteiger partial charge < -0.3 is 15.9 Å². The fourth-order valence-corrected chi connectivity index (χ4v) is 7.33. The van der Waals surface area contributed by atoms with Gasteiger partial charge in [0.15, 0.2) is 0 Å². The number of aliphatic hydroxyl groups excluding tert-OH is 2. The molecule has 0 aromatic rings. The summed E-state index contributed by atoms with van der Waals surface area (Å²) in [5.74, 6) is 2.25. The second-order valence-electron chi connectivity index (χ2n) is 12.2. The van der Waals surface area contributed by atoms with E-state index in [4.69, 9.17) is 17.3 Å². The summed E-state index contributed by atoms with van der Waals surface area (Å²) in [5.41, 5.74) is 6.66. The van der Waals surface area contributed by atoms with Gasteiger partial charge in [0.25, 0.3) is 0 Å². The summed E-state index contributed by atoms with van der Waals surface area (Å²) >= 11 is 6.23. The Morgan fingerprint density at radius 1 is 1.03 bits per heavy atom. The number of nitrogens with one attached hydrogen (secondary N) is 1. The monoisotopic (exact) mass is 468 g/mol. The maximum absolute atomic E-state index is 11.5. The number of nitrogens with two attached hydrogens (primary N) is 1. The first-order chi connectivity index (χ1) is 15.1. The predicted octanol–water partition coefficient (Wildman–Crippen LogP) is 5.55. The summed E-state index contributed by atoms with van der Waals surface area (Å²) in [4.78, 5) is 0. The van der Waals surface area contributed by atoms with Gasteiger partial charge in [-0.25, -0.2) is 0 Å². The van der Waals surface area contributed by atoms with Gasteiger partial charge in [0.05, 0.1) is 6.10 Å². The molecule has 0 aliphatic heterocycles. The molecule has 0 spiro atoms. The number of rotatable bonds is 8. The van der Waals surface area contributed by atoms with Crippen molar-refractivity contribution in [1.82, 2.24) is 5.32 Å². The number of allylic oxidation sites excluding steroid dienone is 2. The maximum atomic E-state index is 11.5. The summed E-state index contributed by atoms with van der Waals surface area (Å²) in [7, 11) is 0. The molecule has 5 unspecified atom stereocenters. The van der Waals surface area contributed by atoms with Crippen LogP contribution in [0.4, 0.5) is 0 Å². The van der Waals surface area contributed by atoms with Crippen LogP contribution in [0.25, 0.3) is 0 Å². The Hall–Kier alpha value is -0.130. The highest BCUT2D eigenvalue weighted by molar-refractivity contribution is 6.29. The molecule has 0 aromatic heterocycles. The standard InChI is InChI=1S/C27H49ClN2O2/c1-17(2)24(30-26(32)23(29)19-8-6-5-7-9-19)25(31)20-12-15-22(27(3,4)16-20)18-10-13-21(28)14-11-18/h13,17-20,22-26,30-32H,5-12,14-16,29H2,1-4H3/t18?,20?,22?,23-,24+,25?,26?/m0/s1. The summed E-state index contributed by atoms with van der Waals surface area (Å²) in [5, 5.41) is 26.8. The Labute approximate surface area is 201 Å². The molecular formula is C27H49ClN2O2. The molecule has 0 heterocycles. The third kappa shape index (κ3) is 6.50. The molecule has 0 saturated heterocycles. The molecular weight excluding hydrogens is 420 g/mol. The van der Waals surface area contributed by atoms with Crippen LogP contribution in [0.5, 0.6) is 0 Å². The average Bonchev–Trinajstić information content (AvgIpc) is 2.77. The predicted molar refractivity (Wildman–Crippen MR) is 134 cm³/mol. The molecule has 3 rings (SSSR count). The first kappa shape index (κ1) is 26.5. The summed E-state index contributed by atoms with van der Waals surface area (Å²) in [6.07, 6.45) is 13.5.